The summed E-state index contributed by atoms with van der Waals surface area (Å²) >= 11 is 1.86. The zero-order chi connectivity index (χ0) is 38.1. The summed E-state index contributed by atoms with van der Waals surface area (Å²) in [5.41, 5.74) is 12.4. The molecule has 2 unspecified atom stereocenters. The lowest BCUT2D eigenvalue weighted by atomic mass is 9.65. The molecule has 0 saturated heterocycles. The molecule has 0 aliphatic heterocycles. The van der Waals surface area contributed by atoms with Gasteiger partial charge in [-0.25, -0.2) is 0 Å². The predicted octanol–water partition coefficient (Wildman–Crippen LogP) is 16.1. The van der Waals surface area contributed by atoms with Crippen molar-refractivity contribution in [2.45, 2.75) is 51.9 Å². The van der Waals surface area contributed by atoms with Crippen molar-refractivity contribution in [2.24, 2.45) is 5.92 Å². The van der Waals surface area contributed by atoms with E-state index in [4.69, 9.17) is 0 Å². The van der Waals surface area contributed by atoms with E-state index in [0.717, 1.165) is 53.4 Å². The fraction of sp³-hybridized carbons (Fsp3) is 0.170. The van der Waals surface area contributed by atoms with Crippen molar-refractivity contribution in [1.29, 1.82) is 0 Å². The van der Waals surface area contributed by atoms with Crippen LogP contribution in [0.5, 0.6) is 0 Å². The predicted molar refractivity (Wildman–Crippen MR) is 243 cm³/mol. The Morgan fingerprint density at radius 3 is 1.75 bits per heavy atom. The van der Waals surface area contributed by atoms with Crippen LogP contribution < -0.4 is 9.80 Å². The third-order valence-electron chi connectivity index (χ3n) is 11.9. The third-order valence-corrected chi connectivity index (χ3v) is 13.0. The average molecular weight is 745 g/mol. The van der Waals surface area contributed by atoms with Gasteiger partial charge in [0.2, 0.25) is 0 Å². The van der Waals surface area contributed by atoms with Gasteiger partial charge in [0, 0.05) is 54.3 Å². The van der Waals surface area contributed by atoms with E-state index in [1.807, 2.05) is 11.3 Å². The van der Waals surface area contributed by atoms with Gasteiger partial charge in [-0.1, -0.05) is 129 Å². The summed E-state index contributed by atoms with van der Waals surface area (Å²) < 4.78 is 2.62. The molecule has 9 rings (SSSR count). The van der Waals surface area contributed by atoms with Crippen LogP contribution >= 0.6 is 11.3 Å². The van der Waals surface area contributed by atoms with E-state index in [2.05, 4.69) is 213 Å². The maximum atomic E-state index is 2.52. The van der Waals surface area contributed by atoms with E-state index in [1.165, 1.54) is 43.3 Å². The van der Waals surface area contributed by atoms with Crippen molar-refractivity contribution in [3.63, 3.8) is 0 Å². The first-order chi connectivity index (χ1) is 27.5. The van der Waals surface area contributed by atoms with Crippen LogP contribution in [0.4, 0.5) is 34.1 Å². The zero-order valence-corrected chi connectivity index (χ0v) is 33.3. The Hall–Kier alpha value is -5.90. The van der Waals surface area contributed by atoms with Crippen molar-refractivity contribution in [3.05, 3.63) is 193 Å². The van der Waals surface area contributed by atoms with Crippen molar-refractivity contribution >= 4 is 65.6 Å². The molecule has 0 saturated carbocycles. The highest BCUT2D eigenvalue weighted by atomic mass is 32.1. The standard InChI is InChI=1S/C53H48N2S/c1-4-39-33-38(3)36-53(5-2,37-39)42-25-29-45(30-26-42)54(44-27-23-41(24-28-44)40-15-8-6-9-16-40)46-19-14-20-47(34-46)55(43-17-10-7-11-18-43)48-31-32-52-50(35-48)49-21-12-13-22-51(49)56-52/h6-35,38H,4-5,36-37H2,1-3H3. The van der Waals surface area contributed by atoms with Gasteiger partial charge in [-0.05, 0) is 133 Å². The number of hydrogen-bond donors (Lipinski definition) is 0. The number of benzene rings is 7. The number of para-hydroxylation sites is 1. The van der Waals surface area contributed by atoms with Gasteiger partial charge in [0.15, 0.2) is 0 Å². The van der Waals surface area contributed by atoms with E-state index in [0.29, 0.717) is 5.92 Å². The van der Waals surface area contributed by atoms with Gasteiger partial charge in [-0.3, -0.25) is 0 Å². The Labute approximate surface area is 336 Å². The molecule has 2 atom stereocenters. The molecule has 1 heterocycles. The molecule has 8 aromatic rings. The monoisotopic (exact) mass is 744 g/mol. The molecule has 0 spiro atoms. The molecule has 0 fully saturated rings. The first-order valence-electron chi connectivity index (χ1n) is 20.1. The van der Waals surface area contributed by atoms with Gasteiger partial charge < -0.3 is 9.80 Å². The summed E-state index contributed by atoms with van der Waals surface area (Å²) in [6.07, 6.45) is 7.14. The number of thiophene rings is 1. The van der Waals surface area contributed by atoms with Crippen LogP contribution in [-0.2, 0) is 5.41 Å². The summed E-state index contributed by atoms with van der Waals surface area (Å²) in [6.45, 7) is 7.08. The summed E-state index contributed by atoms with van der Waals surface area (Å²) in [6, 6.07) is 64.6. The minimum atomic E-state index is 0.172. The molecule has 3 heteroatoms. The van der Waals surface area contributed by atoms with E-state index < -0.39 is 0 Å². The first-order valence-corrected chi connectivity index (χ1v) is 21.0. The molecule has 0 amide bonds. The Kier molecular flexibility index (Phi) is 9.79. The minimum Gasteiger partial charge on any atom is -0.310 e. The van der Waals surface area contributed by atoms with Gasteiger partial charge in [0.05, 0.1) is 0 Å². The number of allylic oxidation sites excluding steroid dienone is 2. The molecular formula is C53H48N2S. The molecule has 276 valence electrons. The van der Waals surface area contributed by atoms with Crippen LogP contribution in [-0.4, -0.2) is 0 Å². The zero-order valence-electron chi connectivity index (χ0n) is 32.5. The second-order valence-corrected chi connectivity index (χ2v) is 16.5. The minimum absolute atomic E-state index is 0.172. The van der Waals surface area contributed by atoms with Crippen LogP contribution in [0.1, 0.15) is 52.0 Å². The molecule has 2 nitrogen and oxygen atoms in total. The first kappa shape index (κ1) is 35.8. The van der Waals surface area contributed by atoms with Crippen LogP contribution in [0, 0.1) is 5.92 Å². The lowest BCUT2D eigenvalue weighted by Gasteiger charge is -2.40. The molecule has 0 radical (unpaired) electrons. The summed E-state index contributed by atoms with van der Waals surface area (Å²) in [7, 11) is 0. The number of anilines is 6. The van der Waals surface area contributed by atoms with Crippen molar-refractivity contribution in [1.82, 2.24) is 0 Å². The van der Waals surface area contributed by atoms with Gasteiger partial charge in [0.1, 0.15) is 0 Å². The highest BCUT2D eigenvalue weighted by Crippen LogP contribution is 2.47. The van der Waals surface area contributed by atoms with E-state index >= 15 is 0 Å². The molecule has 0 bridgehead atoms. The summed E-state index contributed by atoms with van der Waals surface area (Å²) in [5, 5.41) is 2.60. The average Bonchev–Trinajstić information content (AvgIpc) is 3.63. The highest BCUT2D eigenvalue weighted by molar-refractivity contribution is 7.25. The van der Waals surface area contributed by atoms with Crippen LogP contribution in [0.3, 0.4) is 0 Å². The van der Waals surface area contributed by atoms with Crippen molar-refractivity contribution < 1.29 is 0 Å². The Bertz CT molecular complexity index is 2620. The van der Waals surface area contributed by atoms with E-state index in [9.17, 15) is 0 Å². The van der Waals surface area contributed by atoms with Crippen LogP contribution in [0.15, 0.2) is 188 Å². The second kappa shape index (κ2) is 15.3. The van der Waals surface area contributed by atoms with E-state index in [1.54, 1.807) is 5.57 Å². The largest absolute Gasteiger partial charge is 0.310 e. The van der Waals surface area contributed by atoms with Crippen molar-refractivity contribution in [3.8, 4) is 11.1 Å². The smallest absolute Gasteiger partial charge is 0.0482 e. The van der Waals surface area contributed by atoms with Gasteiger partial charge >= 0.3 is 0 Å². The molecule has 1 aliphatic carbocycles. The Morgan fingerprint density at radius 1 is 0.518 bits per heavy atom. The van der Waals surface area contributed by atoms with Crippen molar-refractivity contribution in [2.75, 3.05) is 9.80 Å². The molecule has 1 aliphatic rings. The maximum Gasteiger partial charge on any atom is 0.0482 e. The lowest BCUT2D eigenvalue weighted by Crippen LogP contribution is -2.31. The summed E-state index contributed by atoms with van der Waals surface area (Å²) in [5.74, 6) is 0.590. The van der Waals surface area contributed by atoms with Gasteiger partial charge in [0.25, 0.3) is 0 Å². The highest BCUT2D eigenvalue weighted by Gasteiger charge is 2.35. The Morgan fingerprint density at radius 2 is 1.05 bits per heavy atom. The lowest BCUT2D eigenvalue weighted by molar-refractivity contribution is 0.316. The van der Waals surface area contributed by atoms with Crippen LogP contribution in [0.25, 0.3) is 31.3 Å². The third kappa shape index (κ3) is 6.82. The maximum absolute atomic E-state index is 2.52. The molecular weight excluding hydrogens is 697 g/mol. The molecule has 56 heavy (non-hydrogen) atoms. The number of nitrogens with zero attached hydrogens (tertiary/aromatic N) is 2. The topological polar surface area (TPSA) is 6.48 Å². The normalized spacial score (nSPS) is 16.8. The number of hydrogen-bond acceptors (Lipinski definition) is 3. The van der Waals surface area contributed by atoms with Gasteiger partial charge in [-0.2, -0.15) is 0 Å². The van der Waals surface area contributed by atoms with Crippen LogP contribution in [0.2, 0.25) is 0 Å². The molecule has 1 aromatic heterocycles. The molecule has 0 N–H and O–H groups in total. The second-order valence-electron chi connectivity index (χ2n) is 15.4. The van der Waals surface area contributed by atoms with Gasteiger partial charge in [-0.15, -0.1) is 11.3 Å². The number of fused-ring (bicyclic) bond motifs is 3. The fourth-order valence-corrected chi connectivity index (χ4v) is 10.2. The quantitative estimate of drug-likeness (QED) is 0.129. The Balaban J connectivity index is 1.16. The SMILES string of the molecule is CCC1=CC(C)CC(CC)(c2ccc(N(c3ccc(-c4ccccc4)cc3)c3cccc(N(c4ccccc4)c4ccc5sc6ccccc6c5c4)c3)cc2)C1. The number of rotatable bonds is 10. The fourth-order valence-electron chi connectivity index (χ4n) is 9.07. The molecule has 7 aromatic carbocycles. The summed E-state index contributed by atoms with van der Waals surface area (Å²) in [4.78, 5) is 4.81. The van der Waals surface area contributed by atoms with E-state index in [-0.39, 0.29) is 5.41 Å².